The molecule has 2 fully saturated rings. The van der Waals surface area contributed by atoms with Crippen molar-refractivity contribution >= 4 is 5.91 Å². The van der Waals surface area contributed by atoms with Crippen LogP contribution in [0.25, 0.3) is 0 Å². The Kier molecular flexibility index (Phi) is 50.0. The van der Waals surface area contributed by atoms with Gasteiger partial charge in [-0.15, -0.1) is 0 Å². The summed E-state index contributed by atoms with van der Waals surface area (Å²) in [4.78, 5) is 13.3. The lowest BCUT2D eigenvalue weighted by molar-refractivity contribution is -0.359. The molecular weight excluding hydrogens is 1030 g/mol. The number of hydrogen-bond acceptors (Lipinski definition) is 13. The standard InChI is InChI=1S/C67H131NO13/c1-3-5-7-9-11-13-15-17-19-21-22-23-24-25-26-27-28-29-30-31-32-33-34-35-37-39-41-43-45-47-49-51-59(72)68-55(56(71)50-48-46-44-42-40-38-36-20-18-16-14-12-10-8-6-4-2)54-78-66-64(77)62(75)65(58(53-70)80-66)81-67-63(76)61(74)60(73)57(52-69)79-67/h55-58,60-67,69-71,73-77H,3-54H2,1-2H3,(H,68,72)/t55-,56+,57+,58+,60-,61?,62?,63?,64?,65+,66+,67-/m0/s1. The Morgan fingerprint density at radius 1 is 0.395 bits per heavy atom. The molecule has 482 valence electrons. The van der Waals surface area contributed by atoms with Crippen molar-refractivity contribution in [3.8, 4) is 0 Å². The Hall–Kier alpha value is -1.01. The number of aliphatic hydroxyl groups is 8. The minimum Gasteiger partial charge on any atom is -0.394 e. The van der Waals surface area contributed by atoms with E-state index < -0.39 is 86.8 Å². The lowest BCUT2D eigenvalue weighted by atomic mass is 9.97. The van der Waals surface area contributed by atoms with Gasteiger partial charge < -0.3 is 65.1 Å². The maximum Gasteiger partial charge on any atom is 0.220 e. The minimum atomic E-state index is -1.78. The summed E-state index contributed by atoms with van der Waals surface area (Å²) in [5.74, 6) is -0.198. The van der Waals surface area contributed by atoms with Gasteiger partial charge in [0.2, 0.25) is 5.91 Å². The first kappa shape index (κ1) is 76.1. The van der Waals surface area contributed by atoms with E-state index in [1.54, 1.807) is 0 Å². The van der Waals surface area contributed by atoms with Gasteiger partial charge in [-0.1, -0.05) is 309 Å². The third-order valence-corrected chi connectivity index (χ3v) is 17.6. The van der Waals surface area contributed by atoms with Crippen molar-refractivity contribution in [2.75, 3.05) is 19.8 Å². The number of carbonyl (C=O) groups excluding carboxylic acids is 1. The third kappa shape index (κ3) is 38.0. The summed E-state index contributed by atoms with van der Waals surface area (Å²) in [6, 6.07) is -0.823. The topological polar surface area (TPSA) is 228 Å². The highest BCUT2D eigenvalue weighted by molar-refractivity contribution is 5.76. The normalized spacial score (nSPS) is 24.0. The number of unbranched alkanes of at least 4 members (excludes halogenated alkanes) is 45. The van der Waals surface area contributed by atoms with Crippen LogP contribution in [-0.4, -0.2) is 140 Å². The van der Waals surface area contributed by atoms with Gasteiger partial charge >= 0.3 is 0 Å². The molecule has 9 N–H and O–H groups in total. The first-order valence-electron chi connectivity index (χ1n) is 34.8. The Bertz CT molecular complexity index is 1360. The third-order valence-electron chi connectivity index (χ3n) is 17.6. The summed E-state index contributed by atoms with van der Waals surface area (Å²) < 4.78 is 22.9. The second-order valence-corrected chi connectivity index (χ2v) is 25.0. The van der Waals surface area contributed by atoms with Crippen LogP contribution in [0.2, 0.25) is 0 Å². The molecule has 0 aromatic rings. The highest BCUT2D eigenvalue weighted by atomic mass is 16.7. The molecule has 0 aliphatic carbocycles. The average molecular weight is 1160 g/mol. The summed E-state index contributed by atoms with van der Waals surface area (Å²) in [6.45, 7) is 2.92. The summed E-state index contributed by atoms with van der Waals surface area (Å²) in [7, 11) is 0. The molecule has 4 unspecified atom stereocenters. The van der Waals surface area contributed by atoms with Crippen molar-refractivity contribution in [3.05, 3.63) is 0 Å². The van der Waals surface area contributed by atoms with Crippen LogP contribution in [-0.2, 0) is 23.7 Å². The van der Waals surface area contributed by atoms with Crippen molar-refractivity contribution in [2.45, 2.75) is 402 Å². The molecule has 0 aromatic heterocycles. The average Bonchev–Trinajstić information content (AvgIpc) is 3.47. The molecule has 2 heterocycles. The van der Waals surface area contributed by atoms with E-state index in [4.69, 9.17) is 18.9 Å². The zero-order valence-corrected chi connectivity index (χ0v) is 52.3. The number of ether oxygens (including phenoxy) is 4. The van der Waals surface area contributed by atoms with Crippen LogP contribution in [0.3, 0.4) is 0 Å². The molecule has 1 amide bonds. The van der Waals surface area contributed by atoms with E-state index in [-0.39, 0.29) is 12.5 Å². The van der Waals surface area contributed by atoms with Gasteiger partial charge in [0.25, 0.3) is 0 Å². The van der Waals surface area contributed by atoms with E-state index in [0.717, 1.165) is 51.4 Å². The maximum atomic E-state index is 13.3. The Labute approximate surface area is 495 Å². The van der Waals surface area contributed by atoms with Crippen LogP contribution < -0.4 is 5.32 Å². The molecule has 0 spiro atoms. The van der Waals surface area contributed by atoms with Gasteiger partial charge in [-0.3, -0.25) is 4.79 Å². The number of rotatable bonds is 58. The molecule has 81 heavy (non-hydrogen) atoms. The van der Waals surface area contributed by atoms with Crippen LogP contribution in [0, 0.1) is 0 Å². The fourth-order valence-electron chi connectivity index (χ4n) is 12.0. The van der Waals surface area contributed by atoms with Crippen LogP contribution in [0.15, 0.2) is 0 Å². The predicted octanol–water partition coefficient (Wildman–Crippen LogP) is 13.6. The fourth-order valence-corrected chi connectivity index (χ4v) is 12.0. The molecule has 2 aliphatic rings. The van der Waals surface area contributed by atoms with Gasteiger partial charge in [0.05, 0.1) is 32.0 Å². The van der Waals surface area contributed by atoms with E-state index in [1.807, 2.05) is 0 Å². The summed E-state index contributed by atoms with van der Waals surface area (Å²) in [5.41, 5.74) is 0. The Balaban J connectivity index is 1.62. The monoisotopic (exact) mass is 1160 g/mol. The summed E-state index contributed by atoms with van der Waals surface area (Å²) in [5, 5.41) is 87.5. The van der Waals surface area contributed by atoms with Gasteiger partial charge in [-0.2, -0.15) is 0 Å². The van der Waals surface area contributed by atoms with Crippen molar-refractivity contribution < 1.29 is 64.6 Å². The zero-order chi connectivity index (χ0) is 58.8. The van der Waals surface area contributed by atoms with Gasteiger partial charge in [-0.05, 0) is 12.8 Å². The number of hydrogen-bond donors (Lipinski definition) is 9. The van der Waals surface area contributed by atoms with Gasteiger partial charge in [-0.25, -0.2) is 0 Å². The van der Waals surface area contributed by atoms with Crippen molar-refractivity contribution in [3.63, 3.8) is 0 Å². The van der Waals surface area contributed by atoms with Gasteiger partial charge in [0, 0.05) is 6.42 Å². The van der Waals surface area contributed by atoms with Crippen LogP contribution in [0.5, 0.6) is 0 Å². The lowest BCUT2D eigenvalue weighted by Gasteiger charge is -2.46. The van der Waals surface area contributed by atoms with Gasteiger partial charge in [0.15, 0.2) is 12.6 Å². The first-order valence-corrected chi connectivity index (χ1v) is 34.8. The largest absolute Gasteiger partial charge is 0.394 e. The first-order chi connectivity index (χ1) is 39.6. The SMILES string of the molecule is CCCCCCCCCCCCCCCCCCCCCCCCCCCCCCCCCC(=O)N[C@@H](CO[C@@H]1O[C@H](CO)[C@@H](O[C@@H]2O[C@H](CO)[C@H](O)C(O)C2O)C(O)C1O)[C@H](O)CCCCCCCCCCCCCCCCCC. The fraction of sp³-hybridized carbons (Fsp3) is 0.985. The molecule has 2 rings (SSSR count). The van der Waals surface area contributed by atoms with Crippen LogP contribution >= 0.6 is 0 Å². The van der Waals surface area contributed by atoms with Crippen LogP contribution in [0.4, 0.5) is 0 Å². The molecule has 0 radical (unpaired) electrons. The Morgan fingerprint density at radius 3 is 1.05 bits per heavy atom. The number of amides is 1. The van der Waals surface area contributed by atoms with E-state index in [1.165, 1.54) is 250 Å². The van der Waals surface area contributed by atoms with E-state index in [2.05, 4.69) is 19.2 Å². The molecule has 2 saturated heterocycles. The quantitative estimate of drug-likeness (QED) is 0.0259. The predicted molar refractivity (Wildman–Crippen MR) is 328 cm³/mol. The molecule has 0 saturated carbocycles. The maximum absolute atomic E-state index is 13.3. The lowest BCUT2D eigenvalue weighted by Crippen LogP contribution is -2.65. The zero-order valence-electron chi connectivity index (χ0n) is 52.3. The summed E-state index contributed by atoms with van der Waals surface area (Å²) >= 11 is 0. The molecule has 14 heteroatoms. The minimum absolute atomic E-state index is 0.198. The molecule has 14 nitrogen and oxygen atoms in total. The van der Waals surface area contributed by atoms with E-state index in [0.29, 0.717) is 12.8 Å². The van der Waals surface area contributed by atoms with Crippen molar-refractivity contribution in [1.82, 2.24) is 5.32 Å². The molecular formula is C67H131NO13. The van der Waals surface area contributed by atoms with Crippen molar-refractivity contribution in [1.29, 1.82) is 0 Å². The smallest absolute Gasteiger partial charge is 0.220 e. The Morgan fingerprint density at radius 2 is 0.704 bits per heavy atom. The second-order valence-electron chi connectivity index (χ2n) is 25.0. The molecule has 0 aromatic carbocycles. The highest BCUT2D eigenvalue weighted by Crippen LogP contribution is 2.30. The van der Waals surface area contributed by atoms with Crippen molar-refractivity contribution in [2.24, 2.45) is 0 Å². The highest BCUT2D eigenvalue weighted by Gasteiger charge is 2.51. The molecule has 0 bridgehead atoms. The molecule has 2 aliphatic heterocycles. The van der Waals surface area contributed by atoms with Crippen LogP contribution in [0.1, 0.15) is 328 Å². The van der Waals surface area contributed by atoms with Gasteiger partial charge in [0.1, 0.15) is 48.8 Å². The number of aliphatic hydroxyl groups excluding tert-OH is 8. The number of nitrogens with one attached hydrogen (secondary N) is 1. The van der Waals surface area contributed by atoms with E-state index >= 15 is 0 Å². The molecule has 12 atom stereocenters. The second kappa shape index (κ2) is 53.2. The summed E-state index contributed by atoms with van der Waals surface area (Å²) in [6.07, 6.45) is 45.6. The van der Waals surface area contributed by atoms with E-state index in [9.17, 15) is 45.6 Å². The number of carbonyl (C=O) groups is 1.